The molecule has 4 aromatic rings. The number of benzene rings is 2. The zero-order valence-corrected chi connectivity index (χ0v) is 20.2. The van der Waals surface area contributed by atoms with E-state index in [4.69, 9.17) is 16.1 Å². The summed E-state index contributed by atoms with van der Waals surface area (Å²) in [6, 6.07) is 12.4. The number of carbonyl (C=O) groups is 1. The van der Waals surface area contributed by atoms with Gasteiger partial charge in [-0.05, 0) is 50.6 Å². The summed E-state index contributed by atoms with van der Waals surface area (Å²) in [6.45, 7) is 5.57. The zero-order valence-electron chi connectivity index (χ0n) is 19.4. The van der Waals surface area contributed by atoms with E-state index in [0.717, 1.165) is 20.4 Å². The van der Waals surface area contributed by atoms with Crippen molar-refractivity contribution in [1.82, 2.24) is 24.5 Å². The third-order valence-electron chi connectivity index (χ3n) is 5.44. The maximum atomic E-state index is 12.9. The molecule has 0 saturated heterocycles. The maximum absolute atomic E-state index is 12.9. The van der Waals surface area contributed by atoms with Crippen molar-refractivity contribution in [3.63, 3.8) is 0 Å². The van der Waals surface area contributed by atoms with E-state index in [9.17, 15) is 14.4 Å². The Labute approximate surface area is 205 Å². The molecule has 0 radical (unpaired) electrons. The lowest BCUT2D eigenvalue weighted by Crippen LogP contribution is -2.41. The van der Waals surface area contributed by atoms with Crippen molar-refractivity contribution in [3.8, 4) is 17.2 Å². The number of halogens is 1. The number of anilines is 1. The molecule has 2 aromatic carbocycles. The number of rotatable bonds is 7. The Morgan fingerprint density at radius 3 is 2.57 bits per heavy atom. The third-order valence-corrected chi connectivity index (χ3v) is 5.85. The van der Waals surface area contributed by atoms with Crippen LogP contribution in [-0.2, 0) is 17.8 Å². The summed E-state index contributed by atoms with van der Waals surface area (Å²) in [5.74, 6) is -0.149. The molecule has 0 fully saturated rings. The smallest absolute Gasteiger partial charge is 0.339 e. The molecule has 0 atom stereocenters. The van der Waals surface area contributed by atoms with Gasteiger partial charge < -0.3 is 9.84 Å². The summed E-state index contributed by atoms with van der Waals surface area (Å²) in [6.07, 6.45) is 0.223. The molecule has 0 aliphatic carbocycles. The second kappa shape index (κ2) is 10.1. The molecule has 11 heteroatoms. The van der Waals surface area contributed by atoms with Crippen LogP contribution in [0.15, 0.2) is 56.6 Å². The average Bonchev–Trinajstić information content (AvgIpc) is 3.31. The number of nitrogens with zero attached hydrogens (tertiary/aromatic N) is 5. The first-order chi connectivity index (χ1) is 16.8. The summed E-state index contributed by atoms with van der Waals surface area (Å²) < 4.78 is 7.43. The monoisotopic (exact) mass is 494 g/mol. The minimum absolute atomic E-state index is 0.0563. The van der Waals surface area contributed by atoms with Crippen LogP contribution in [0.1, 0.15) is 30.4 Å². The molecule has 2 aromatic heterocycles. The predicted octanol–water partition coefficient (Wildman–Crippen LogP) is 3.31. The minimum atomic E-state index is -0.623. The highest BCUT2D eigenvalue weighted by molar-refractivity contribution is 6.31. The van der Waals surface area contributed by atoms with E-state index in [2.05, 4.69) is 20.6 Å². The van der Waals surface area contributed by atoms with Crippen LogP contribution in [0, 0.1) is 13.8 Å². The van der Waals surface area contributed by atoms with Crippen molar-refractivity contribution < 1.29 is 9.32 Å². The topological polar surface area (TPSA) is 125 Å². The van der Waals surface area contributed by atoms with Crippen LogP contribution in [0.3, 0.4) is 0 Å². The van der Waals surface area contributed by atoms with Gasteiger partial charge >= 0.3 is 5.69 Å². The number of hydrogen-bond acceptors (Lipinski definition) is 7. The van der Waals surface area contributed by atoms with Gasteiger partial charge in [0.2, 0.25) is 17.6 Å². The summed E-state index contributed by atoms with van der Waals surface area (Å²) in [5, 5.41) is 11.4. The first kappa shape index (κ1) is 24.1. The van der Waals surface area contributed by atoms with E-state index in [1.54, 1.807) is 37.3 Å². The van der Waals surface area contributed by atoms with Gasteiger partial charge in [-0.2, -0.15) is 14.8 Å². The molecule has 1 amide bonds. The third kappa shape index (κ3) is 5.07. The zero-order chi connectivity index (χ0) is 25.1. The minimum Gasteiger partial charge on any atom is -0.339 e. The van der Waals surface area contributed by atoms with Gasteiger partial charge in [0.25, 0.3) is 5.56 Å². The van der Waals surface area contributed by atoms with Gasteiger partial charge in [0.1, 0.15) is 0 Å². The van der Waals surface area contributed by atoms with Crippen LogP contribution >= 0.6 is 11.6 Å². The van der Waals surface area contributed by atoms with E-state index in [0.29, 0.717) is 16.4 Å². The lowest BCUT2D eigenvalue weighted by atomic mass is 10.2. The second-order valence-corrected chi connectivity index (χ2v) is 8.31. The summed E-state index contributed by atoms with van der Waals surface area (Å²) in [5.41, 5.74) is 1.59. The normalized spacial score (nSPS) is 11.0. The van der Waals surface area contributed by atoms with Crippen molar-refractivity contribution in [2.45, 2.75) is 40.2 Å². The molecule has 0 aliphatic heterocycles. The van der Waals surface area contributed by atoms with Crippen LogP contribution in [-0.4, -0.2) is 30.4 Å². The molecule has 0 unspecified atom stereocenters. The van der Waals surface area contributed by atoms with Crippen molar-refractivity contribution in [2.75, 3.05) is 5.32 Å². The quantitative estimate of drug-likeness (QED) is 0.417. The summed E-state index contributed by atoms with van der Waals surface area (Å²) in [7, 11) is 0. The van der Waals surface area contributed by atoms with Crippen molar-refractivity contribution in [3.05, 3.63) is 85.3 Å². The van der Waals surface area contributed by atoms with Gasteiger partial charge in [0.05, 0.1) is 5.69 Å². The molecule has 0 aliphatic rings. The van der Waals surface area contributed by atoms with Gasteiger partial charge in [-0.15, -0.1) is 0 Å². The molecule has 180 valence electrons. The molecule has 0 saturated carbocycles. The molecule has 10 nitrogen and oxygen atoms in total. The van der Waals surface area contributed by atoms with Gasteiger partial charge in [-0.25, -0.2) is 4.79 Å². The number of hydrogen-bond donors (Lipinski definition) is 1. The first-order valence-corrected chi connectivity index (χ1v) is 11.4. The van der Waals surface area contributed by atoms with Crippen molar-refractivity contribution >= 4 is 23.2 Å². The molecular formula is C24H23ClN6O4. The highest BCUT2D eigenvalue weighted by atomic mass is 35.5. The van der Waals surface area contributed by atoms with Gasteiger partial charge in [0, 0.05) is 30.1 Å². The van der Waals surface area contributed by atoms with Crippen LogP contribution < -0.4 is 16.6 Å². The number of aryl methyl sites for hydroxylation is 2. The SMILES string of the molecule is CCn1c(=O)c(-c2noc(CCC(=O)Nc3cccc(Cl)c3C)n2)nn(-c2ccc(C)cc2)c1=O. The Kier molecular flexibility index (Phi) is 6.92. The molecule has 1 N–H and O–H groups in total. The molecular weight excluding hydrogens is 472 g/mol. The maximum Gasteiger partial charge on any atom is 0.352 e. The van der Waals surface area contributed by atoms with Crippen LogP contribution in [0.5, 0.6) is 0 Å². The molecule has 0 spiro atoms. The Bertz CT molecular complexity index is 1500. The van der Waals surface area contributed by atoms with Gasteiger partial charge in [0.15, 0.2) is 5.69 Å². The average molecular weight is 495 g/mol. The lowest BCUT2D eigenvalue weighted by molar-refractivity contribution is -0.116. The fourth-order valence-electron chi connectivity index (χ4n) is 3.42. The van der Waals surface area contributed by atoms with Crippen LogP contribution in [0.25, 0.3) is 17.2 Å². The number of nitrogens with one attached hydrogen (secondary N) is 1. The van der Waals surface area contributed by atoms with E-state index in [1.807, 2.05) is 26.0 Å². The predicted molar refractivity (Wildman–Crippen MR) is 131 cm³/mol. The van der Waals surface area contributed by atoms with Crippen LogP contribution in [0.4, 0.5) is 5.69 Å². The Morgan fingerprint density at radius 2 is 1.86 bits per heavy atom. The Hall–Kier alpha value is -4.05. The Balaban J connectivity index is 1.57. The van der Waals surface area contributed by atoms with Crippen molar-refractivity contribution in [2.24, 2.45) is 0 Å². The molecule has 2 heterocycles. The summed E-state index contributed by atoms with van der Waals surface area (Å²) >= 11 is 6.09. The summed E-state index contributed by atoms with van der Waals surface area (Å²) in [4.78, 5) is 42.3. The largest absolute Gasteiger partial charge is 0.352 e. The van der Waals surface area contributed by atoms with E-state index >= 15 is 0 Å². The van der Waals surface area contributed by atoms with E-state index in [1.165, 1.54) is 0 Å². The molecule has 0 bridgehead atoms. The van der Waals surface area contributed by atoms with Gasteiger partial charge in [-0.1, -0.05) is 40.5 Å². The second-order valence-electron chi connectivity index (χ2n) is 7.90. The molecule has 4 rings (SSSR count). The number of carbonyl (C=O) groups excluding carboxylic acids is 1. The highest BCUT2D eigenvalue weighted by Gasteiger charge is 2.20. The van der Waals surface area contributed by atoms with E-state index < -0.39 is 11.2 Å². The highest BCUT2D eigenvalue weighted by Crippen LogP contribution is 2.23. The van der Waals surface area contributed by atoms with Crippen LogP contribution in [0.2, 0.25) is 5.02 Å². The van der Waals surface area contributed by atoms with Crippen molar-refractivity contribution in [1.29, 1.82) is 0 Å². The van der Waals surface area contributed by atoms with Gasteiger partial charge in [-0.3, -0.25) is 14.2 Å². The first-order valence-electron chi connectivity index (χ1n) is 11.0. The standard InChI is InChI=1S/C24H23ClN6O4/c1-4-30-23(33)21(28-31(24(30)34)16-10-8-14(2)9-11-16)22-27-20(35-29-22)13-12-19(32)26-18-7-5-6-17(25)15(18)3/h5-11H,4,12-13H2,1-3H3,(H,26,32). The Morgan fingerprint density at radius 1 is 1.11 bits per heavy atom. The van der Waals surface area contributed by atoms with E-state index in [-0.39, 0.29) is 42.7 Å². The lowest BCUT2D eigenvalue weighted by Gasteiger charge is -2.09. The molecule has 35 heavy (non-hydrogen) atoms. The number of amides is 1. The number of aromatic nitrogens is 5. The fourth-order valence-corrected chi connectivity index (χ4v) is 3.59. The fraction of sp³-hybridized carbons (Fsp3) is 0.250.